The highest BCUT2D eigenvalue weighted by atomic mass is 32.1. The number of aryl methyl sites for hydroxylation is 2. The summed E-state index contributed by atoms with van der Waals surface area (Å²) >= 11 is 1.64. The second kappa shape index (κ2) is 10.4. The number of hydrogen-bond acceptors (Lipinski definition) is 5. The number of carbonyl (C=O) groups excluding carboxylic acids is 1. The Labute approximate surface area is 208 Å². The molecule has 0 unspecified atom stereocenters. The predicted molar refractivity (Wildman–Crippen MR) is 142 cm³/mol. The van der Waals surface area contributed by atoms with Crippen LogP contribution in [0.5, 0.6) is 0 Å². The lowest BCUT2D eigenvalue weighted by Gasteiger charge is -2.10. The molecule has 2 heterocycles. The van der Waals surface area contributed by atoms with Crippen molar-refractivity contribution >= 4 is 28.6 Å². The van der Waals surface area contributed by atoms with Gasteiger partial charge in [0.2, 0.25) is 0 Å². The largest absolute Gasteiger partial charge is 0.397 e. The van der Waals surface area contributed by atoms with E-state index in [4.69, 9.17) is 5.73 Å². The molecule has 5 rings (SSSR count). The van der Waals surface area contributed by atoms with E-state index in [2.05, 4.69) is 39.9 Å². The molecule has 1 amide bonds. The summed E-state index contributed by atoms with van der Waals surface area (Å²) in [5.74, 6) is -0.212. The predicted octanol–water partition coefficient (Wildman–Crippen LogP) is 6.14. The number of aromatic nitrogens is 3. The van der Waals surface area contributed by atoms with Crippen LogP contribution in [0.1, 0.15) is 22.3 Å². The van der Waals surface area contributed by atoms with E-state index >= 15 is 0 Å². The van der Waals surface area contributed by atoms with Crippen molar-refractivity contribution in [3.8, 4) is 21.7 Å². The summed E-state index contributed by atoms with van der Waals surface area (Å²) < 4.78 is 1.86. The number of carbonyl (C=O) groups is 1. The van der Waals surface area contributed by atoms with Gasteiger partial charge in [-0.2, -0.15) is 0 Å². The van der Waals surface area contributed by atoms with Crippen molar-refractivity contribution in [1.29, 1.82) is 0 Å². The highest BCUT2D eigenvalue weighted by Crippen LogP contribution is 2.30. The van der Waals surface area contributed by atoms with Crippen LogP contribution in [0.3, 0.4) is 0 Å². The minimum Gasteiger partial charge on any atom is -0.397 e. The van der Waals surface area contributed by atoms with Gasteiger partial charge in [0.25, 0.3) is 5.91 Å². The Morgan fingerprint density at radius 2 is 1.74 bits per heavy atom. The molecule has 0 atom stereocenters. The SMILES string of the molecule is Nc1ccc(-c2cccs2)cc1NC(=O)c1ccc(-c2cn(CCCc3ccccc3)nn2)cc1. The molecule has 0 aliphatic heterocycles. The molecular weight excluding hydrogens is 454 g/mol. The zero-order valence-electron chi connectivity index (χ0n) is 19.1. The minimum absolute atomic E-state index is 0.212. The molecule has 0 saturated heterocycles. The first-order valence-electron chi connectivity index (χ1n) is 11.4. The molecule has 0 radical (unpaired) electrons. The number of nitrogens with zero attached hydrogens (tertiary/aromatic N) is 3. The van der Waals surface area contributed by atoms with E-state index in [0.717, 1.165) is 41.1 Å². The van der Waals surface area contributed by atoms with E-state index in [1.807, 2.05) is 64.8 Å². The summed E-state index contributed by atoms with van der Waals surface area (Å²) in [5, 5.41) is 13.5. The maximum absolute atomic E-state index is 12.9. The second-order valence-electron chi connectivity index (χ2n) is 8.27. The number of amides is 1. The Hall–Kier alpha value is -4.23. The molecule has 3 aromatic carbocycles. The Kier molecular flexibility index (Phi) is 6.68. The molecule has 0 aliphatic rings. The molecule has 0 fully saturated rings. The molecule has 3 N–H and O–H groups in total. The number of nitrogens with two attached hydrogens (primary N) is 1. The summed E-state index contributed by atoms with van der Waals surface area (Å²) in [6.07, 6.45) is 3.93. The topological polar surface area (TPSA) is 85.8 Å². The van der Waals surface area contributed by atoms with Crippen molar-refractivity contribution in [2.24, 2.45) is 0 Å². The van der Waals surface area contributed by atoms with Crippen LogP contribution in [0, 0.1) is 0 Å². The number of hydrogen-bond donors (Lipinski definition) is 2. The number of nitrogens with one attached hydrogen (secondary N) is 1. The first kappa shape index (κ1) is 22.6. The standard InChI is InChI=1S/C28H25N5OS/c29-24-15-14-23(27-9-5-17-35-27)18-25(24)30-28(34)22-12-10-21(11-13-22)26-19-33(32-31-26)16-4-8-20-6-2-1-3-7-20/h1-3,5-7,9-15,17-19H,4,8,16,29H2,(H,30,34). The molecule has 174 valence electrons. The smallest absolute Gasteiger partial charge is 0.255 e. The van der Waals surface area contributed by atoms with Gasteiger partial charge < -0.3 is 11.1 Å². The third-order valence-electron chi connectivity index (χ3n) is 5.78. The Morgan fingerprint density at radius 1 is 0.943 bits per heavy atom. The van der Waals surface area contributed by atoms with Gasteiger partial charge in [-0.15, -0.1) is 16.4 Å². The Balaban J connectivity index is 1.22. The van der Waals surface area contributed by atoms with E-state index in [1.54, 1.807) is 23.5 Å². The lowest BCUT2D eigenvalue weighted by Crippen LogP contribution is -2.13. The fourth-order valence-corrected chi connectivity index (χ4v) is 4.60. The van der Waals surface area contributed by atoms with Gasteiger partial charge in [-0.1, -0.05) is 59.8 Å². The van der Waals surface area contributed by atoms with E-state index in [0.29, 0.717) is 16.9 Å². The van der Waals surface area contributed by atoms with Gasteiger partial charge in [-0.25, -0.2) is 0 Å². The van der Waals surface area contributed by atoms with Crippen molar-refractivity contribution in [2.45, 2.75) is 19.4 Å². The highest BCUT2D eigenvalue weighted by molar-refractivity contribution is 7.13. The molecule has 6 nitrogen and oxygen atoms in total. The van der Waals surface area contributed by atoms with E-state index in [1.165, 1.54) is 5.56 Å². The Bertz CT molecular complexity index is 1410. The zero-order valence-corrected chi connectivity index (χ0v) is 19.9. The molecule has 0 aliphatic carbocycles. The van der Waals surface area contributed by atoms with Crippen molar-refractivity contribution in [1.82, 2.24) is 15.0 Å². The van der Waals surface area contributed by atoms with Gasteiger partial charge in [0.15, 0.2) is 0 Å². The van der Waals surface area contributed by atoms with Crippen molar-refractivity contribution in [2.75, 3.05) is 11.1 Å². The van der Waals surface area contributed by atoms with Crippen LogP contribution in [-0.4, -0.2) is 20.9 Å². The van der Waals surface area contributed by atoms with Gasteiger partial charge in [0.05, 0.1) is 17.6 Å². The van der Waals surface area contributed by atoms with Crippen LogP contribution >= 0.6 is 11.3 Å². The monoisotopic (exact) mass is 479 g/mol. The molecule has 5 aromatic rings. The van der Waals surface area contributed by atoms with Crippen LogP contribution < -0.4 is 11.1 Å². The van der Waals surface area contributed by atoms with Crippen molar-refractivity contribution in [3.05, 3.63) is 108 Å². The van der Waals surface area contributed by atoms with Gasteiger partial charge in [-0.05, 0) is 59.7 Å². The average molecular weight is 480 g/mol. The Morgan fingerprint density at radius 3 is 2.51 bits per heavy atom. The van der Waals surface area contributed by atoms with Crippen LogP contribution in [0.4, 0.5) is 11.4 Å². The zero-order chi connectivity index (χ0) is 24.0. The number of rotatable bonds is 8. The molecule has 2 aromatic heterocycles. The van der Waals surface area contributed by atoms with E-state index < -0.39 is 0 Å². The first-order valence-corrected chi connectivity index (χ1v) is 12.3. The van der Waals surface area contributed by atoms with Crippen LogP contribution in [0.25, 0.3) is 21.7 Å². The number of benzene rings is 3. The summed E-state index contributed by atoms with van der Waals surface area (Å²) in [5.41, 5.74) is 11.8. The minimum atomic E-state index is -0.212. The van der Waals surface area contributed by atoms with Gasteiger partial charge in [0, 0.05) is 22.5 Å². The lowest BCUT2D eigenvalue weighted by atomic mass is 10.1. The highest BCUT2D eigenvalue weighted by Gasteiger charge is 2.11. The molecule has 0 bridgehead atoms. The van der Waals surface area contributed by atoms with Crippen LogP contribution in [-0.2, 0) is 13.0 Å². The molecule has 35 heavy (non-hydrogen) atoms. The van der Waals surface area contributed by atoms with Crippen molar-refractivity contribution < 1.29 is 4.79 Å². The number of nitrogen functional groups attached to an aromatic ring is 1. The van der Waals surface area contributed by atoms with Gasteiger partial charge in [-0.3, -0.25) is 9.48 Å². The molecule has 7 heteroatoms. The summed E-state index contributed by atoms with van der Waals surface area (Å²) in [4.78, 5) is 14.0. The van der Waals surface area contributed by atoms with Crippen LogP contribution in [0.15, 0.2) is 96.5 Å². The maximum Gasteiger partial charge on any atom is 0.255 e. The molecule has 0 saturated carbocycles. The molecular formula is C28H25N5OS. The van der Waals surface area contributed by atoms with Crippen LogP contribution in [0.2, 0.25) is 0 Å². The van der Waals surface area contributed by atoms with E-state index in [-0.39, 0.29) is 5.91 Å². The quantitative estimate of drug-likeness (QED) is 0.262. The fraction of sp³-hybridized carbons (Fsp3) is 0.107. The summed E-state index contributed by atoms with van der Waals surface area (Å²) in [6, 6.07) is 27.5. The lowest BCUT2D eigenvalue weighted by molar-refractivity contribution is 0.102. The second-order valence-corrected chi connectivity index (χ2v) is 9.21. The maximum atomic E-state index is 12.9. The summed E-state index contributed by atoms with van der Waals surface area (Å²) in [6.45, 7) is 0.800. The third-order valence-corrected chi connectivity index (χ3v) is 6.70. The average Bonchev–Trinajstić information content (AvgIpc) is 3.59. The fourth-order valence-electron chi connectivity index (χ4n) is 3.88. The summed E-state index contributed by atoms with van der Waals surface area (Å²) in [7, 11) is 0. The third kappa shape index (κ3) is 5.47. The first-order chi connectivity index (χ1) is 17.2. The van der Waals surface area contributed by atoms with Crippen molar-refractivity contribution in [3.63, 3.8) is 0 Å². The normalized spacial score (nSPS) is 10.9. The molecule has 0 spiro atoms. The number of anilines is 2. The van der Waals surface area contributed by atoms with E-state index in [9.17, 15) is 4.79 Å². The van der Waals surface area contributed by atoms with Gasteiger partial charge in [0.1, 0.15) is 5.69 Å². The number of thiophene rings is 1. The van der Waals surface area contributed by atoms with Gasteiger partial charge >= 0.3 is 0 Å².